The zero-order chi connectivity index (χ0) is 36.8. The number of halogens is 1. The molecule has 4 heterocycles. The van der Waals surface area contributed by atoms with Gasteiger partial charge in [0.25, 0.3) is 0 Å². The number of ether oxygens (including phenoxy) is 1. The fraction of sp³-hybridized carbons (Fsp3) is 0.585. The number of benzene rings is 1. The molecule has 0 radical (unpaired) electrons. The van der Waals surface area contributed by atoms with Crippen molar-refractivity contribution in [2.24, 2.45) is 5.41 Å². The first-order valence-corrected chi connectivity index (χ1v) is 19.2. The standard InChI is InChI=1S/C41H56FN7O3/c1-27-11-12-31(21-44-27)46-18-8-10-32(24-46)48(28(2)9-7-17-43-6)22-29-23-49(30-13-14-30)35-20-36(34(42)19-33(35)38(29)50)47-25-37(41(26-47)15-16-41)45-39(51)52-40(3,4)5/h7,11-12,17,19-21,23,28,30,32,37,43H,8-10,13-16,18,22,24-26H2,1-6H3,(H,45,51)/b17-7-/t28?,32-,37?/m0/s1. The molecule has 11 heteroatoms. The first kappa shape index (κ1) is 36.2. The predicted octanol–water partition coefficient (Wildman–Crippen LogP) is 6.66. The minimum atomic E-state index is -0.594. The second-order valence-corrected chi connectivity index (χ2v) is 16.7. The van der Waals surface area contributed by atoms with E-state index in [-0.39, 0.29) is 29.0 Å². The molecule has 4 fully saturated rings. The van der Waals surface area contributed by atoms with Gasteiger partial charge in [0, 0.05) is 86.2 Å². The van der Waals surface area contributed by atoms with Crippen LogP contribution in [-0.2, 0) is 11.3 Å². The van der Waals surface area contributed by atoms with Crippen molar-refractivity contribution >= 4 is 28.4 Å². The molecule has 10 nitrogen and oxygen atoms in total. The third kappa shape index (κ3) is 7.80. The third-order valence-corrected chi connectivity index (χ3v) is 11.5. The van der Waals surface area contributed by atoms with E-state index in [1.165, 1.54) is 6.07 Å². The van der Waals surface area contributed by atoms with Gasteiger partial charge in [0.05, 0.1) is 29.1 Å². The Kier molecular flexibility index (Phi) is 10.0. The van der Waals surface area contributed by atoms with Crippen LogP contribution in [0.1, 0.15) is 89.9 Å². The number of aromatic nitrogens is 2. The van der Waals surface area contributed by atoms with Crippen LogP contribution in [0.4, 0.5) is 20.6 Å². The molecular formula is C41H56FN7O3. The Bertz CT molecular complexity index is 1860. The highest BCUT2D eigenvalue weighted by molar-refractivity contribution is 5.84. The van der Waals surface area contributed by atoms with Crippen LogP contribution in [0.3, 0.4) is 0 Å². The van der Waals surface area contributed by atoms with Crippen molar-refractivity contribution in [2.45, 2.75) is 116 Å². The van der Waals surface area contributed by atoms with Crippen LogP contribution < -0.4 is 25.9 Å². The molecule has 1 spiro atoms. The van der Waals surface area contributed by atoms with Gasteiger partial charge in [0.15, 0.2) is 5.43 Å². The normalized spacial score (nSPS) is 22.1. The Morgan fingerprint density at radius 2 is 1.96 bits per heavy atom. The Hall–Kier alpha value is -4.12. The van der Waals surface area contributed by atoms with Crippen molar-refractivity contribution in [3.05, 3.63) is 76.2 Å². The quantitative estimate of drug-likeness (QED) is 0.228. The molecule has 0 bridgehead atoms. The summed E-state index contributed by atoms with van der Waals surface area (Å²) in [6.45, 7) is 13.3. The molecule has 2 saturated heterocycles. The fourth-order valence-corrected chi connectivity index (χ4v) is 8.36. The average Bonchev–Trinajstić information content (AvgIpc) is 4.03. The summed E-state index contributed by atoms with van der Waals surface area (Å²) >= 11 is 0. The number of hydrogen-bond acceptors (Lipinski definition) is 8. The van der Waals surface area contributed by atoms with E-state index in [0.717, 1.165) is 74.9 Å². The highest BCUT2D eigenvalue weighted by Gasteiger charge is 2.56. The van der Waals surface area contributed by atoms with E-state index in [0.29, 0.717) is 42.3 Å². The number of amides is 1. The topological polar surface area (TPSA) is 95.0 Å². The maximum Gasteiger partial charge on any atom is 0.407 e. The minimum absolute atomic E-state index is 0.0779. The lowest BCUT2D eigenvalue weighted by atomic mass is 9.99. The number of pyridine rings is 2. The van der Waals surface area contributed by atoms with Crippen molar-refractivity contribution in [1.29, 1.82) is 0 Å². The Morgan fingerprint density at radius 3 is 2.63 bits per heavy atom. The van der Waals surface area contributed by atoms with E-state index < -0.39 is 17.5 Å². The first-order chi connectivity index (χ1) is 24.8. The summed E-state index contributed by atoms with van der Waals surface area (Å²) in [7, 11) is 1.90. The van der Waals surface area contributed by atoms with Crippen molar-refractivity contribution in [1.82, 2.24) is 25.1 Å². The van der Waals surface area contributed by atoms with Crippen molar-refractivity contribution in [2.75, 3.05) is 43.0 Å². The summed E-state index contributed by atoms with van der Waals surface area (Å²) in [6, 6.07) is 8.16. The van der Waals surface area contributed by atoms with Crippen LogP contribution in [0.15, 0.2) is 53.7 Å². The van der Waals surface area contributed by atoms with Gasteiger partial charge >= 0.3 is 6.09 Å². The van der Waals surface area contributed by atoms with E-state index >= 15 is 4.39 Å². The van der Waals surface area contributed by atoms with Gasteiger partial charge in [0.1, 0.15) is 11.4 Å². The number of anilines is 2. The number of aryl methyl sites for hydroxylation is 1. The molecule has 7 rings (SSSR count). The Morgan fingerprint density at radius 1 is 1.17 bits per heavy atom. The largest absolute Gasteiger partial charge is 0.444 e. The maximum absolute atomic E-state index is 16.3. The number of alkyl carbamates (subject to hydrolysis) is 1. The van der Waals surface area contributed by atoms with E-state index in [9.17, 15) is 9.59 Å². The van der Waals surface area contributed by atoms with E-state index in [4.69, 9.17) is 4.74 Å². The first-order valence-electron chi connectivity index (χ1n) is 19.2. The molecule has 1 aromatic carbocycles. The van der Waals surface area contributed by atoms with Gasteiger partial charge in [-0.25, -0.2) is 9.18 Å². The molecule has 280 valence electrons. The summed E-state index contributed by atoms with van der Waals surface area (Å²) in [6.07, 6.45) is 14.7. The molecule has 2 unspecified atom stereocenters. The molecule has 4 aliphatic rings. The predicted molar refractivity (Wildman–Crippen MR) is 206 cm³/mol. The van der Waals surface area contributed by atoms with Gasteiger partial charge in [-0.15, -0.1) is 0 Å². The molecule has 3 aromatic rings. The van der Waals surface area contributed by atoms with Crippen LogP contribution in [-0.4, -0.2) is 77.5 Å². The zero-order valence-corrected chi connectivity index (χ0v) is 31.8. The Labute approximate surface area is 307 Å². The fourth-order valence-electron chi connectivity index (χ4n) is 8.36. The number of nitrogens with zero attached hydrogens (tertiary/aromatic N) is 5. The number of fused-ring (bicyclic) bond motifs is 1. The summed E-state index contributed by atoms with van der Waals surface area (Å²) in [4.78, 5) is 38.6. The zero-order valence-electron chi connectivity index (χ0n) is 31.8. The molecular weight excluding hydrogens is 657 g/mol. The smallest absolute Gasteiger partial charge is 0.407 e. The lowest BCUT2D eigenvalue weighted by Crippen LogP contribution is -2.51. The van der Waals surface area contributed by atoms with Crippen LogP contribution in [0.25, 0.3) is 10.9 Å². The molecule has 2 saturated carbocycles. The lowest BCUT2D eigenvalue weighted by Gasteiger charge is -2.43. The molecule has 52 heavy (non-hydrogen) atoms. The SMILES string of the molecule is CN/C=C\CC(C)N(Cc1cn(C2CC2)c2cc(N3CC(NC(=O)OC(C)(C)C)C4(CC4)C3)c(F)cc2c1=O)[C@H]1CCCN(c2ccc(C)nc2)C1. The summed E-state index contributed by atoms with van der Waals surface area (Å²) in [5.41, 5.74) is 3.35. The van der Waals surface area contributed by atoms with Crippen LogP contribution in [0.2, 0.25) is 0 Å². The average molecular weight is 714 g/mol. The van der Waals surface area contributed by atoms with Crippen LogP contribution in [0.5, 0.6) is 0 Å². The van der Waals surface area contributed by atoms with E-state index in [1.54, 1.807) is 0 Å². The third-order valence-electron chi connectivity index (χ3n) is 11.5. The second kappa shape index (κ2) is 14.4. The summed E-state index contributed by atoms with van der Waals surface area (Å²) < 4.78 is 24.1. The number of nitrogens with one attached hydrogen (secondary N) is 2. The van der Waals surface area contributed by atoms with Crippen LogP contribution in [0, 0.1) is 18.2 Å². The van der Waals surface area contributed by atoms with Crippen molar-refractivity contribution in [3.8, 4) is 0 Å². The van der Waals surface area contributed by atoms with Gasteiger partial charge in [-0.05, 0) is 110 Å². The highest BCUT2D eigenvalue weighted by atomic mass is 19.1. The molecule has 3 atom stereocenters. The second-order valence-electron chi connectivity index (χ2n) is 16.7. The molecule has 1 amide bonds. The number of piperidine rings is 1. The van der Waals surface area contributed by atoms with Gasteiger partial charge < -0.3 is 29.7 Å². The molecule has 2 aliphatic heterocycles. The van der Waals surface area contributed by atoms with Crippen LogP contribution >= 0.6 is 0 Å². The van der Waals surface area contributed by atoms with Crippen molar-refractivity contribution in [3.63, 3.8) is 0 Å². The highest BCUT2D eigenvalue weighted by Crippen LogP contribution is 2.54. The number of hydrogen-bond donors (Lipinski definition) is 2. The maximum atomic E-state index is 16.3. The van der Waals surface area contributed by atoms with E-state index in [1.807, 2.05) is 53.2 Å². The monoisotopic (exact) mass is 713 g/mol. The van der Waals surface area contributed by atoms with Gasteiger partial charge in [-0.2, -0.15) is 0 Å². The summed E-state index contributed by atoms with van der Waals surface area (Å²) in [5, 5.41) is 6.63. The lowest BCUT2D eigenvalue weighted by molar-refractivity contribution is 0.0493. The Balaban J connectivity index is 1.18. The minimum Gasteiger partial charge on any atom is -0.444 e. The number of carbonyl (C=O) groups is 1. The molecule has 2 aliphatic carbocycles. The van der Waals surface area contributed by atoms with Gasteiger partial charge in [-0.3, -0.25) is 14.7 Å². The van der Waals surface area contributed by atoms with Gasteiger partial charge in [-0.1, -0.05) is 6.08 Å². The number of carbonyl (C=O) groups excluding carboxylic acids is 1. The molecule has 2 N–H and O–H groups in total. The summed E-state index contributed by atoms with van der Waals surface area (Å²) in [5.74, 6) is -0.394. The van der Waals surface area contributed by atoms with Gasteiger partial charge in [0.2, 0.25) is 0 Å². The molecule has 2 aromatic heterocycles. The number of rotatable bonds is 11. The van der Waals surface area contributed by atoms with Crippen molar-refractivity contribution < 1.29 is 13.9 Å². The van der Waals surface area contributed by atoms with E-state index in [2.05, 4.69) is 66.2 Å².